The number of guanidine groups is 1. The largest absolute Gasteiger partial charge is 0.382 e. The predicted molar refractivity (Wildman–Crippen MR) is 92.6 cm³/mol. The molecule has 0 bridgehead atoms. The van der Waals surface area contributed by atoms with Gasteiger partial charge in [-0.1, -0.05) is 26.0 Å². The molecule has 3 N–H and O–H groups in total. The molecule has 0 aliphatic heterocycles. The first-order chi connectivity index (χ1) is 10.6. The topological polar surface area (TPSA) is 68.9 Å². The van der Waals surface area contributed by atoms with Crippen LogP contribution in [-0.4, -0.2) is 39.4 Å². The second-order valence-electron chi connectivity index (χ2n) is 5.48. The van der Waals surface area contributed by atoms with Gasteiger partial charge in [0.1, 0.15) is 0 Å². The zero-order valence-electron chi connectivity index (χ0n) is 14.0. The lowest BCUT2D eigenvalue weighted by atomic mass is 10.0. The van der Waals surface area contributed by atoms with E-state index in [2.05, 4.69) is 36.3 Å². The quantitative estimate of drug-likeness (QED) is 0.396. The summed E-state index contributed by atoms with van der Waals surface area (Å²) in [4.78, 5) is 4.33. The van der Waals surface area contributed by atoms with E-state index in [9.17, 15) is 0 Å². The molecule has 0 radical (unpaired) electrons. The van der Waals surface area contributed by atoms with E-state index in [0.717, 1.165) is 25.1 Å². The molecule has 0 saturated carbocycles. The Bertz CT molecular complexity index is 447. The first kappa shape index (κ1) is 18.5. The number of methoxy groups -OCH3 is 1. The number of nitrogens with zero attached hydrogens (tertiary/aromatic N) is 1. The number of nitrogens with two attached hydrogens (primary N) is 1. The lowest BCUT2D eigenvalue weighted by molar-refractivity contribution is 0.0690. The van der Waals surface area contributed by atoms with Gasteiger partial charge in [-0.05, 0) is 36.5 Å². The molecule has 0 heterocycles. The third-order valence-corrected chi connectivity index (χ3v) is 3.24. The van der Waals surface area contributed by atoms with Crippen molar-refractivity contribution in [2.45, 2.75) is 32.6 Å². The molecule has 0 unspecified atom stereocenters. The normalized spacial score (nSPS) is 11.9. The van der Waals surface area contributed by atoms with E-state index in [1.807, 2.05) is 12.1 Å². The summed E-state index contributed by atoms with van der Waals surface area (Å²) >= 11 is 0. The van der Waals surface area contributed by atoms with Crippen LogP contribution in [0.1, 0.15) is 38.2 Å². The first-order valence-electron chi connectivity index (χ1n) is 7.87. The molecule has 0 aliphatic carbocycles. The van der Waals surface area contributed by atoms with Crippen LogP contribution in [0, 0.1) is 0 Å². The minimum absolute atomic E-state index is 0.459. The summed E-state index contributed by atoms with van der Waals surface area (Å²) in [6.45, 7) is 7.08. The summed E-state index contributed by atoms with van der Waals surface area (Å²) in [6, 6.07) is 8.25. The molecule has 0 saturated heterocycles. The van der Waals surface area contributed by atoms with Gasteiger partial charge >= 0.3 is 0 Å². The van der Waals surface area contributed by atoms with Gasteiger partial charge in [0, 0.05) is 25.9 Å². The SMILES string of the molecule is COCCOCCCCN=C(N)Nc1cccc(C(C)C)c1. The molecule has 0 fully saturated rings. The standard InChI is InChI=1S/C17H29N3O2/c1-14(2)15-7-6-8-16(13-15)20-17(18)19-9-4-5-10-22-12-11-21-3/h6-8,13-14H,4-5,9-12H2,1-3H3,(H3,18,19,20). The number of rotatable bonds is 10. The number of nitrogens with one attached hydrogen (secondary N) is 1. The van der Waals surface area contributed by atoms with Crippen molar-refractivity contribution in [3.8, 4) is 0 Å². The molecule has 5 nitrogen and oxygen atoms in total. The molecule has 22 heavy (non-hydrogen) atoms. The van der Waals surface area contributed by atoms with Gasteiger partial charge in [0.05, 0.1) is 13.2 Å². The van der Waals surface area contributed by atoms with Crippen LogP contribution in [0.4, 0.5) is 5.69 Å². The highest BCUT2D eigenvalue weighted by molar-refractivity contribution is 5.92. The summed E-state index contributed by atoms with van der Waals surface area (Å²) in [7, 11) is 1.67. The van der Waals surface area contributed by atoms with E-state index in [1.165, 1.54) is 5.56 Å². The molecule has 124 valence electrons. The zero-order chi connectivity index (χ0) is 16.2. The average molecular weight is 307 g/mol. The molecule has 1 aromatic carbocycles. The van der Waals surface area contributed by atoms with Gasteiger partial charge in [-0.2, -0.15) is 0 Å². The molecular weight excluding hydrogens is 278 g/mol. The highest BCUT2D eigenvalue weighted by Gasteiger charge is 2.01. The fourth-order valence-electron chi connectivity index (χ4n) is 1.92. The summed E-state index contributed by atoms with van der Waals surface area (Å²) in [6.07, 6.45) is 1.94. The van der Waals surface area contributed by atoms with Crippen LogP contribution in [0.2, 0.25) is 0 Å². The Morgan fingerprint density at radius 2 is 2.05 bits per heavy atom. The van der Waals surface area contributed by atoms with E-state index >= 15 is 0 Å². The smallest absolute Gasteiger partial charge is 0.193 e. The van der Waals surface area contributed by atoms with E-state index in [1.54, 1.807) is 7.11 Å². The molecule has 5 heteroatoms. The van der Waals surface area contributed by atoms with Crippen LogP contribution >= 0.6 is 0 Å². The third kappa shape index (κ3) is 8.00. The molecule has 0 spiro atoms. The van der Waals surface area contributed by atoms with Gasteiger partial charge in [-0.15, -0.1) is 0 Å². The first-order valence-corrected chi connectivity index (χ1v) is 7.87. The van der Waals surface area contributed by atoms with Crippen molar-refractivity contribution in [1.82, 2.24) is 0 Å². The van der Waals surface area contributed by atoms with Gasteiger partial charge in [0.25, 0.3) is 0 Å². The Morgan fingerprint density at radius 1 is 1.23 bits per heavy atom. The van der Waals surface area contributed by atoms with E-state index in [4.69, 9.17) is 15.2 Å². The van der Waals surface area contributed by atoms with Crippen LogP contribution in [0.5, 0.6) is 0 Å². The number of benzene rings is 1. The van der Waals surface area contributed by atoms with Gasteiger partial charge in [-0.3, -0.25) is 4.99 Å². The highest BCUT2D eigenvalue weighted by Crippen LogP contribution is 2.18. The van der Waals surface area contributed by atoms with E-state index in [-0.39, 0.29) is 0 Å². The van der Waals surface area contributed by atoms with Crippen LogP contribution in [0.25, 0.3) is 0 Å². The van der Waals surface area contributed by atoms with Gasteiger partial charge in [0.2, 0.25) is 0 Å². The fourth-order valence-corrected chi connectivity index (χ4v) is 1.92. The highest BCUT2D eigenvalue weighted by atomic mass is 16.5. The maximum absolute atomic E-state index is 5.90. The number of anilines is 1. The van der Waals surface area contributed by atoms with Crippen molar-refractivity contribution in [2.75, 3.05) is 38.8 Å². The Balaban J connectivity index is 2.24. The summed E-state index contributed by atoms with van der Waals surface area (Å²) in [5.41, 5.74) is 8.17. The Hall–Kier alpha value is -1.59. The Kier molecular flexibility index (Phi) is 9.26. The van der Waals surface area contributed by atoms with Crippen molar-refractivity contribution in [3.05, 3.63) is 29.8 Å². The predicted octanol–water partition coefficient (Wildman–Crippen LogP) is 2.98. The number of aliphatic imine (C=N–C) groups is 1. The van der Waals surface area contributed by atoms with Crippen LogP contribution in [-0.2, 0) is 9.47 Å². The van der Waals surface area contributed by atoms with Crippen LogP contribution in [0.3, 0.4) is 0 Å². The van der Waals surface area contributed by atoms with Crippen molar-refractivity contribution >= 4 is 11.6 Å². The number of hydrogen-bond acceptors (Lipinski definition) is 3. The van der Waals surface area contributed by atoms with Crippen molar-refractivity contribution in [3.63, 3.8) is 0 Å². The monoisotopic (exact) mass is 307 g/mol. The van der Waals surface area contributed by atoms with Gasteiger partial charge < -0.3 is 20.5 Å². The molecule has 0 amide bonds. The van der Waals surface area contributed by atoms with Crippen molar-refractivity contribution in [2.24, 2.45) is 10.7 Å². The van der Waals surface area contributed by atoms with Crippen LogP contribution in [0.15, 0.2) is 29.3 Å². The second kappa shape index (κ2) is 11.0. The molecule has 0 aromatic heterocycles. The molecular formula is C17H29N3O2. The Morgan fingerprint density at radius 3 is 2.77 bits per heavy atom. The molecule has 1 aromatic rings. The van der Waals surface area contributed by atoms with Gasteiger partial charge in [0.15, 0.2) is 5.96 Å². The summed E-state index contributed by atoms with van der Waals surface area (Å²) in [5, 5.41) is 3.14. The number of ether oxygens (including phenoxy) is 2. The fraction of sp³-hybridized carbons (Fsp3) is 0.588. The lowest BCUT2D eigenvalue weighted by Gasteiger charge is -2.10. The Labute approximate surface area is 133 Å². The lowest BCUT2D eigenvalue weighted by Crippen LogP contribution is -2.23. The summed E-state index contributed by atoms with van der Waals surface area (Å²) < 4.78 is 10.3. The van der Waals surface area contributed by atoms with Crippen molar-refractivity contribution in [1.29, 1.82) is 0 Å². The minimum Gasteiger partial charge on any atom is -0.382 e. The van der Waals surface area contributed by atoms with E-state index in [0.29, 0.717) is 31.6 Å². The van der Waals surface area contributed by atoms with Crippen molar-refractivity contribution < 1.29 is 9.47 Å². The number of hydrogen-bond donors (Lipinski definition) is 2. The number of unbranched alkanes of at least 4 members (excludes halogenated alkanes) is 1. The van der Waals surface area contributed by atoms with Crippen LogP contribution < -0.4 is 11.1 Å². The van der Waals surface area contributed by atoms with E-state index < -0.39 is 0 Å². The maximum Gasteiger partial charge on any atom is 0.193 e. The second-order valence-corrected chi connectivity index (χ2v) is 5.48. The minimum atomic E-state index is 0.459. The molecule has 1 rings (SSSR count). The maximum atomic E-state index is 5.90. The zero-order valence-corrected chi connectivity index (χ0v) is 14.0. The molecule has 0 aliphatic rings. The third-order valence-electron chi connectivity index (χ3n) is 3.24. The summed E-state index contributed by atoms with van der Waals surface area (Å²) in [5.74, 6) is 0.958. The average Bonchev–Trinajstić information content (AvgIpc) is 2.50. The molecule has 0 atom stereocenters. The van der Waals surface area contributed by atoms with Gasteiger partial charge in [-0.25, -0.2) is 0 Å².